The van der Waals surface area contributed by atoms with E-state index in [1.54, 1.807) is 25.1 Å². The van der Waals surface area contributed by atoms with E-state index in [1.165, 1.54) is 23.8 Å². The molecule has 0 bridgehead atoms. The summed E-state index contributed by atoms with van der Waals surface area (Å²) in [5.74, 6) is 1.23. The first kappa shape index (κ1) is 22.5. The number of carbonyl (C=O) groups excluding carboxylic acids is 1. The average Bonchev–Trinajstić information content (AvgIpc) is 2.78. The molecular weight excluding hydrogens is 419 g/mol. The van der Waals surface area contributed by atoms with Crippen molar-refractivity contribution in [2.24, 2.45) is 0 Å². The van der Waals surface area contributed by atoms with Crippen molar-refractivity contribution in [3.05, 3.63) is 82.8 Å². The van der Waals surface area contributed by atoms with Crippen LogP contribution in [-0.2, 0) is 11.2 Å². The molecule has 0 saturated heterocycles. The second kappa shape index (κ2) is 9.40. The molecule has 0 spiro atoms. The number of fused-ring (bicyclic) bond motifs is 1. The van der Waals surface area contributed by atoms with Gasteiger partial charge in [0.05, 0.1) is 6.04 Å². The summed E-state index contributed by atoms with van der Waals surface area (Å²) >= 11 is 0. The number of ether oxygens (including phenoxy) is 1. The quantitative estimate of drug-likeness (QED) is 0.313. The number of esters is 1. The van der Waals surface area contributed by atoms with Gasteiger partial charge in [-0.15, -0.1) is 0 Å². The smallest absolute Gasteiger partial charge is 0.335 e. The van der Waals surface area contributed by atoms with E-state index < -0.39 is 0 Å². The summed E-state index contributed by atoms with van der Waals surface area (Å²) in [5, 5.41) is 3.18. The predicted octanol–water partition coefficient (Wildman–Crippen LogP) is 5.58. The van der Waals surface area contributed by atoms with E-state index in [4.69, 9.17) is 9.72 Å². The first-order valence-electron chi connectivity index (χ1n) is 11.0. The number of benzene rings is 2. The van der Waals surface area contributed by atoms with Crippen LogP contribution in [0, 0.1) is 19.7 Å². The number of hydrogen-bond donors (Lipinski definition) is 1. The standard InChI is InChI=1S/C26H27FN4O2/c1-5-6-24(32)33-22-11-12-23-18(4)31(14-13-19(23)15-22)25-16(2)17(3)28-26(30-25)29-21-9-7-20(27)8-10-21/h5-12,15,18H,13-14H2,1-4H3,(H,28,29,30). The third kappa shape index (κ3) is 4.87. The number of allylic oxidation sites excluding steroid dienone is 1. The number of nitrogens with one attached hydrogen (secondary N) is 1. The van der Waals surface area contributed by atoms with E-state index in [9.17, 15) is 9.18 Å². The number of anilines is 3. The predicted molar refractivity (Wildman–Crippen MR) is 128 cm³/mol. The molecule has 2 heterocycles. The SMILES string of the molecule is CC=CC(=O)Oc1ccc2c(c1)CCN(c1nc(Nc3ccc(F)cc3)nc(C)c1C)C2C. The van der Waals surface area contributed by atoms with Crippen molar-refractivity contribution in [3.63, 3.8) is 0 Å². The zero-order valence-electron chi connectivity index (χ0n) is 19.2. The summed E-state index contributed by atoms with van der Waals surface area (Å²) in [6.45, 7) is 8.69. The Bertz CT molecular complexity index is 1210. The Morgan fingerprint density at radius 3 is 2.67 bits per heavy atom. The van der Waals surface area contributed by atoms with Gasteiger partial charge in [0.1, 0.15) is 17.4 Å². The molecule has 2 aromatic carbocycles. The van der Waals surface area contributed by atoms with Crippen LogP contribution in [0.4, 0.5) is 21.8 Å². The largest absolute Gasteiger partial charge is 0.423 e. The molecule has 170 valence electrons. The highest BCUT2D eigenvalue weighted by Gasteiger charge is 2.27. The second-order valence-electron chi connectivity index (χ2n) is 8.11. The Hall–Kier alpha value is -3.74. The van der Waals surface area contributed by atoms with Gasteiger partial charge in [-0.25, -0.2) is 14.2 Å². The Kier molecular flexibility index (Phi) is 6.40. The van der Waals surface area contributed by atoms with Gasteiger partial charge in [-0.1, -0.05) is 12.1 Å². The maximum Gasteiger partial charge on any atom is 0.335 e. The van der Waals surface area contributed by atoms with Gasteiger partial charge in [0.25, 0.3) is 0 Å². The maximum absolute atomic E-state index is 13.2. The van der Waals surface area contributed by atoms with Crippen LogP contribution in [0.1, 0.15) is 42.3 Å². The highest BCUT2D eigenvalue weighted by Crippen LogP contribution is 2.36. The fraction of sp³-hybridized carbons (Fsp3) is 0.269. The molecule has 0 fully saturated rings. The van der Waals surface area contributed by atoms with Crippen LogP contribution in [0.15, 0.2) is 54.6 Å². The number of halogens is 1. The molecule has 33 heavy (non-hydrogen) atoms. The summed E-state index contributed by atoms with van der Waals surface area (Å²) in [5.41, 5.74) is 4.97. The molecule has 6 nitrogen and oxygen atoms in total. The molecule has 1 aliphatic rings. The zero-order chi connectivity index (χ0) is 23.5. The molecule has 0 radical (unpaired) electrons. The lowest BCUT2D eigenvalue weighted by atomic mass is 9.93. The lowest BCUT2D eigenvalue weighted by molar-refractivity contribution is -0.129. The number of nitrogens with zero attached hydrogens (tertiary/aromatic N) is 3. The van der Waals surface area contributed by atoms with Crippen molar-refractivity contribution in [1.29, 1.82) is 0 Å². The minimum absolute atomic E-state index is 0.0840. The second-order valence-corrected chi connectivity index (χ2v) is 8.11. The van der Waals surface area contributed by atoms with Crippen molar-refractivity contribution < 1.29 is 13.9 Å². The van der Waals surface area contributed by atoms with Gasteiger partial charge in [-0.05, 0) is 81.6 Å². The van der Waals surface area contributed by atoms with E-state index in [1.807, 2.05) is 32.0 Å². The zero-order valence-corrected chi connectivity index (χ0v) is 19.2. The molecule has 1 N–H and O–H groups in total. The third-order valence-corrected chi connectivity index (χ3v) is 5.91. The van der Waals surface area contributed by atoms with E-state index in [0.717, 1.165) is 41.3 Å². The van der Waals surface area contributed by atoms with Crippen molar-refractivity contribution >= 4 is 23.4 Å². The van der Waals surface area contributed by atoms with Gasteiger partial charge >= 0.3 is 5.97 Å². The van der Waals surface area contributed by atoms with Crippen LogP contribution < -0.4 is 15.0 Å². The molecule has 1 unspecified atom stereocenters. The number of aromatic nitrogens is 2. The van der Waals surface area contributed by atoms with E-state index in [-0.39, 0.29) is 17.8 Å². The fourth-order valence-corrected chi connectivity index (χ4v) is 4.06. The van der Waals surface area contributed by atoms with E-state index >= 15 is 0 Å². The Morgan fingerprint density at radius 2 is 1.94 bits per heavy atom. The molecule has 7 heteroatoms. The molecule has 0 saturated carbocycles. The van der Waals surface area contributed by atoms with Gasteiger partial charge in [0, 0.05) is 29.6 Å². The molecular formula is C26H27FN4O2. The van der Waals surface area contributed by atoms with Crippen LogP contribution >= 0.6 is 0 Å². The summed E-state index contributed by atoms with van der Waals surface area (Å²) in [7, 11) is 0. The number of carbonyl (C=O) groups is 1. The van der Waals surface area contributed by atoms with Gasteiger partial charge in [-0.2, -0.15) is 4.98 Å². The molecule has 0 aliphatic carbocycles. The van der Waals surface area contributed by atoms with Crippen molar-refractivity contribution in [2.75, 3.05) is 16.8 Å². The number of aryl methyl sites for hydroxylation is 1. The van der Waals surface area contributed by atoms with Gasteiger partial charge in [-0.3, -0.25) is 0 Å². The van der Waals surface area contributed by atoms with Crippen LogP contribution in [0.2, 0.25) is 0 Å². The van der Waals surface area contributed by atoms with Crippen LogP contribution in [0.5, 0.6) is 5.75 Å². The first-order chi connectivity index (χ1) is 15.9. The highest BCUT2D eigenvalue weighted by atomic mass is 19.1. The third-order valence-electron chi connectivity index (χ3n) is 5.91. The van der Waals surface area contributed by atoms with Crippen LogP contribution in [0.25, 0.3) is 0 Å². The van der Waals surface area contributed by atoms with E-state index in [2.05, 4.69) is 22.1 Å². The van der Waals surface area contributed by atoms with Crippen LogP contribution in [-0.4, -0.2) is 22.5 Å². The molecule has 3 aromatic rings. The maximum atomic E-state index is 13.2. The minimum Gasteiger partial charge on any atom is -0.423 e. The Morgan fingerprint density at radius 1 is 1.18 bits per heavy atom. The van der Waals surface area contributed by atoms with E-state index in [0.29, 0.717) is 11.7 Å². The first-order valence-corrected chi connectivity index (χ1v) is 11.0. The molecule has 1 atom stereocenters. The molecule has 4 rings (SSSR count). The van der Waals surface area contributed by atoms with Crippen molar-refractivity contribution in [1.82, 2.24) is 9.97 Å². The van der Waals surface area contributed by atoms with Crippen LogP contribution in [0.3, 0.4) is 0 Å². The summed E-state index contributed by atoms with van der Waals surface area (Å²) in [6, 6.07) is 12.0. The Labute approximate surface area is 193 Å². The lowest BCUT2D eigenvalue weighted by Crippen LogP contribution is -2.35. The topological polar surface area (TPSA) is 67.3 Å². The number of hydrogen-bond acceptors (Lipinski definition) is 6. The summed E-state index contributed by atoms with van der Waals surface area (Å²) in [6.07, 6.45) is 3.87. The van der Waals surface area contributed by atoms with Gasteiger partial charge < -0.3 is 15.0 Å². The van der Waals surface area contributed by atoms with Gasteiger partial charge in [0.15, 0.2) is 0 Å². The van der Waals surface area contributed by atoms with Crippen molar-refractivity contribution in [2.45, 2.75) is 40.2 Å². The normalized spacial score (nSPS) is 15.4. The lowest BCUT2D eigenvalue weighted by Gasteiger charge is -2.37. The number of rotatable bonds is 5. The monoisotopic (exact) mass is 446 g/mol. The summed E-state index contributed by atoms with van der Waals surface area (Å²) < 4.78 is 18.6. The fourth-order valence-electron chi connectivity index (χ4n) is 4.06. The Balaban J connectivity index is 1.60. The van der Waals surface area contributed by atoms with Crippen molar-refractivity contribution in [3.8, 4) is 5.75 Å². The summed E-state index contributed by atoms with van der Waals surface area (Å²) in [4.78, 5) is 23.4. The highest BCUT2D eigenvalue weighted by molar-refractivity contribution is 5.84. The minimum atomic E-state index is -0.379. The average molecular weight is 447 g/mol. The molecule has 0 amide bonds. The molecule has 1 aromatic heterocycles. The molecule has 1 aliphatic heterocycles. The van der Waals surface area contributed by atoms with Gasteiger partial charge in [0.2, 0.25) is 5.95 Å².